The van der Waals surface area contributed by atoms with Crippen LogP contribution >= 0.6 is 0 Å². The van der Waals surface area contributed by atoms with Crippen molar-refractivity contribution in [1.29, 1.82) is 0 Å². The Labute approximate surface area is 243 Å². The Morgan fingerprint density at radius 2 is 1.05 bits per heavy atom. The summed E-state index contributed by atoms with van der Waals surface area (Å²) in [6.45, 7) is 8.00. The first-order chi connectivity index (χ1) is 19.6. The average Bonchev–Trinajstić information content (AvgIpc) is 3.28. The van der Waals surface area contributed by atoms with Crippen LogP contribution in [-0.4, -0.2) is 70.7 Å². The van der Waals surface area contributed by atoms with Crippen LogP contribution in [0.3, 0.4) is 0 Å². The summed E-state index contributed by atoms with van der Waals surface area (Å²) in [7, 11) is 0. The minimum absolute atomic E-state index is 0.108. The highest BCUT2D eigenvalue weighted by Crippen LogP contribution is 2.22. The van der Waals surface area contributed by atoms with Crippen molar-refractivity contribution in [1.82, 2.24) is 9.80 Å². The van der Waals surface area contributed by atoms with Gasteiger partial charge in [-0.3, -0.25) is 29.0 Å². The number of amides is 4. The summed E-state index contributed by atoms with van der Waals surface area (Å²) >= 11 is 0. The van der Waals surface area contributed by atoms with Gasteiger partial charge < -0.3 is 9.47 Å². The summed E-state index contributed by atoms with van der Waals surface area (Å²) in [5.41, 5.74) is 0. The fourth-order valence-corrected chi connectivity index (χ4v) is 4.95. The normalized spacial score (nSPS) is 18.0. The summed E-state index contributed by atoms with van der Waals surface area (Å²) in [5.74, 6) is -3.24. The van der Waals surface area contributed by atoms with Gasteiger partial charge in [-0.1, -0.05) is 85.1 Å². The highest BCUT2D eigenvalue weighted by Gasteiger charge is 2.40. The number of hydrogen-bond acceptors (Lipinski definition) is 8. The van der Waals surface area contributed by atoms with Gasteiger partial charge in [0.1, 0.15) is 12.1 Å². The third-order valence-corrected chi connectivity index (χ3v) is 7.83. The van der Waals surface area contributed by atoms with Crippen LogP contribution < -0.4 is 0 Å². The zero-order valence-electron chi connectivity index (χ0n) is 25.0. The van der Waals surface area contributed by atoms with Gasteiger partial charge in [-0.25, -0.2) is 9.59 Å². The first kappa shape index (κ1) is 33.9. The van der Waals surface area contributed by atoms with Gasteiger partial charge in [-0.15, -0.1) is 0 Å². The van der Waals surface area contributed by atoms with Gasteiger partial charge in [0, 0.05) is 24.6 Å². The molecule has 2 aliphatic rings. The van der Waals surface area contributed by atoms with Crippen LogP contribution in [0.1, 0.15) is 98.3 Å². The number of nitrogens with zero attached hydrogens (tertiary/aromatic N) is 2. The maximum Gasteiger partial charge on any atom is 0.329 e. The molecule has 0 aromatic rings. The third kappa shape index (κ3) is 9.93. The van der Waals surface area contributed by atoms with Crippen molar-refractivity contribution < 1.29 is 38.2 Å². The summed E-state index contributed by atoms with van der Waals surface area (Å²) in [6, 6.07) is -1.80. The van der Waals surface area contributed by atoms with E-state index in [1.54, 1.807) is 0 Å². The number of imide groups is 2. The first-order valence-corrected chi connectivity index (χ1v) is 15.0. The van der Waals surface area contributed by atoms with E-state index in [0.717, 1.165) is 48.3 Å². The molecule has 4 amide bonds. The molecule has 0 bridgehead atoms. The standard InChI is InChI=1S/C31H46N2O8/c1-5-22(3)28(32-24(34)16-15-17-25(32)35)30(38)40-20-13-11-9-7-8-10-12-14-21-41-31(39)29(23(4)6-2)33-26(36)18-19-27(33)37/h15-16,18-19,22-23,28-29H,5-14,17,20-21H2,1-4H3. The van der Waals surface area contributed by atoms with Crippen molar-refractivity contribution >= 4 is 35.6 Å². The van der Waals surface area contributed by atoms with E-state index in [0.29, 0.717) is 25.7 Å². The van der Waals surface area contributed by atoms with Crippen LogP contribution in [-0.2, 0) is 38.2 Å². The van der Waals surface area contributed by atoms with E-state index in [9.17, 15) is 28.8 Å². The zero-order valence-corrected chi connectivity index (χ0v) is 25.0. The number of hydrogen-bond donors (Lipinski definition) is 0. The van der Waals surface area contributed by atoms with Crippen molar-refractivity contribution in [3.05, 3.63) is 24.3 Å². The molecule has 0 aromatic heterocycles. The molecular weight excluding hydrogens is 528 g/mol. The molecule has 0 saturated heterocycles. The Kier molecular flexibility index (Phi) is 14.5. The molecule has 0 saturated carbocycles. The molecule has 4 atom stereocenters. The third-order valence-electron chi connectivity index (χ3n) is 7.83. The van der Waals surface area contributed by atoms with E-state index >= 15 is 0 Å². The summed E-state index contributed by atoms with van der Waals surface area (Å²) in [5, 5.41) is 0. The van der Waals surface area contributed by atoms with E-state index in [1.165, 1.54) is 24.3 Å². The molecule has 0 spiro atoms. The number of esters is 2. The highest BCUT2D eigenvalue weighted by molar-refractivity contribution is 6.14. The van der Waals surface area contributed by atoms with E-state index in [4.69, 9.17) is 9.47 Å². The molecule has 0 N–H and O–H groups in total. The average molecular weight is 575 g/mol. The van der Waals surface area contributed by atoms with Crippen LogP contribution in [0.5, 0.6) is 0 Å². The lowest BCUT2D eigenvalue weighted by atomic mass is 9.96. The van der Waals surface area contributed by atoms with E-state index < -0.39 is 41.7 Å². The number of carbonyl (C=O) groups is 6. The lowest BCUT2D eigenvalue weighted by Crippen LogP contribution is -2.52. The second-order valence-corrected chi connectivity index (χ2v) is 10.9. The quantitative estimate of drug-likeness (QED) is 0.127. The zero-order chi connectivity index (χ0) is 30.4. The van der Waals surface area contributed by atoms with Crippen LogP contribution in [0.2, 0.25) is 0 Å². The first-order valence-electron chi connectivity index (χ1n) is 15.0. The number of rotatable bonds is 19. The molecule has 0 fully saturated rings. The Morgan fingerprint density at radius 1 is 0.659 bits per heavy atom. The molecule has 2 aliphatic heterocycles. The Hall–Kier alpha value is -3.30. The fourth-order valence-electron chi connectivity index (χ4n) is 4.95. The van der Waals surface area contributed by atoms with Gasteiger partial charge >= 0.3 is 11.9 Å². The molecule has 2 rings (SSSR count). The predicted molar refractivity (Wildman–Crippen MR) is 152 cm³/mol. The summed E-state index contributed by atoms with van der Waals surface area (Å²) in [4.78, 5) is 76.1. The minimum atomic E-state index is -0.901. The Morgan fingerprint density at radius 3 is 1.46 bits per heavy atom. The van der Waals surface area contributed by atoms with Crippen LogP contribution in [0.25, 0.3) is 0 Å². The summed E-state index contributed by atoms with van der Waals surface area (Å²) in [6.07, 6.45) is 13.9. The second kappa shape index (κ2) is 17.5. The molecule has 2 heterocycles. The van der Waals surface area contributed by atoms with Crippen molar-refractivity contribution in [2.75, 3.05) is 13.2 Å². The van der Waals surface area contributed by atoms with Crippen molar-refractivity contribution in [2.24, 2.45) is 11.8 Å². The molecule has 10 nitrogen and oxygen atoms in total. The Balaban J connectivity index is 1.57. The monoisotopic (exact) mass is 574 g/mol. The number of carbonyl (C=O) groups excluding carboxylic acids is 6. The number of ether oxygens (including phenoxy) is 2. The Bertz CT molecular complexity index is 986. The maximum atomic E-state index is 12.8. The molecule has 10 heteroatoms. The molecule has 0 aromatic carbocycles. The SMILES string of the molecule is CCC(C)C(C(=O)OCCCCCCCCCCOC(=O)C(C(C)CC)N1C(=O)C=CCC1=O)N1C(=O)C=CC1=O. The van der Waals surface area contributed by atoms with Gasteiger partial charge in [-0.2, -0.15) is 0 Å². The lowest BCUT2D eigenvalue weighted by Gasteiger charge is -2.32. The topological polar surface area (TPSA) is 127 Å². The predicted octanol–water partition coefficient (Wildman–Crippen LogP) is 4.26. The van der Waals surface area contributed by atoms with E-state index in [2.05, 4.69) is 0 Å². The van der Waals surface area contributed by atoms with Crippen LogP contribution in [0.4, 0.5) is 0 Å². The molecule has 228 valence electrons. The molecule has 4 unspecified atom stereocenters. The molecule has 0 radical (unpaired) electrons. The molecule has 0 aliphatic carbocycles. The highest BCUT2D eigenvalue weighted by atomic mass is 16.5. The van der Waals surface area contributed by atoms with Crippen LogP contribution in [0, 0.1) is 11.8 Å². The van der Waals surface area contributed by atoms with Crippen LogP contribution in [0.15, 0.2) is 24.3 Å². The van der Waals surface area contributed by atoms with Gasteiger partial charge in [-0.05, 0) is 24.7 Å². The van der Waals surface area contributed by atoms with E-state index in [-0.39, 0.29) is 37.4 Å². The fraction of sp³-hybridized carbons (Fsp3) is 0.677. The smallest absolute Gasteiger partial charge is 0.329 e. The van der Waals surface area contributed by atoms with Gasteiger partial charge in [0.25, 0.3) is 17.7 Å². The van der Waals surface area contributed by atoms with Gasteiger partial charge in [0.2, 0.25) is 5.91 Å². The molecular formula is C31H46N2O8. The minimum Gasteiger partial charge on any atom is -0.464 e. The maximum absolute atomic E-state index is 12.8. The second-order valence-electron chi connectivity index (χ2n) is 10.9. The van der Waals surface area contributed by atoms with E-state index in [1.807, 2.05) is 27.7 Å². The lowest BCUT2D eigenvalue weighted by molar-refractivity contribution is -0.162. The number of unbranched alkanes of at least 4 members (excludes halogenated alkanes) is 7. The summed E-state index contributed by atoms with van der Waals surface area (Å²) < 4.78 is 10.9. The van der Waals surface area contributed by atoms with Crippen molar-refractivity contribution in [2.45, 2.75) is 110 Å². The van der Waals surface area contributed by atoms with Crippen molar-refractivity contribution in [3.8, 4) is 0 Å². The van der Waals surface area contributed by atoms with Gasteiger partial charge in [0.15, 0.2) is 0 Å². The largest absolute Gasteiger partial charge is 0.464 e. The molecule has 41 heavy (non-hydrogen) atoms. The van der Waals surface area contributed by atoms with Crippen molar-refractivity contribution in [3.63, 3.8) is 0 Å². The van der Waals surface area contributed by atoms with Gasteiger partial charge in [0.05, 0.1) is 13.2 Å².